The number of nitrogens with one attached hydrogen (secondary N) is 1. The van der Waals surface area contributed by atoms with E-state index in [9.17, 15) is 14.7 Å². The van der Waals surface area contributed by atoms with E-state index in [1.54, 1.807) is 0 Å². The number of hydrogen-bond donors (Lipinski definition) is 2. The van der Waals surface area contributed by atoms with Crippen LogP contribution in [0.5, 0.6) is 0 Å². The average Bonchev–Trinajstić information content (AvgIpc) is 3.32. The maximum atomic E-state index is 12.6. The summed E-state index contributed by atoms with van der Waals surface area (Å²) in [5, 5.41) is 13.2. The molecule has 0 spiro atoms. The topological polar surface area (TPSA) is 80.6 Å². The van der Waals surface area contributed by atoms with E-state index in [0.29, 0.717) is 0 Å². The number of amides is 1. The Morgan fingerprint density at radius 3 is 2.24 bits per heavy atom. The number of carboxylic acid groups (broad SMARTS) is 1. The van der Waals surface area contributed by atoms with Crippen LogP contribution in [0.1, 0.15) is 22.6 Å². The Bertz CT molecular complexity index is 1310. The molecular weight excluding hydrogens is 416 g/mol. The van der Waals surface area contributed by atoms with Gasteiger partial charge in [0.25, 0.3) is 0 Å². The van der Waals surface area contributed by atoms with E-state index < -0.39 is 18.1 Å². The van der Waals surface area contributed by atoms with Crippen LogP contribution >= 0.6 is 0 Å². The Balaban J connectivity index is 1.29. The predicted molar refractivity (Wildman–Crippen MR) is 126 cm³/mol. The molecule has 0 saturated heterocycles. The van der Waals surface area contributed by atoms with Crippen LogP contribution in [0, 0.1) is 0 Å². The lowest BCUT2D eigenvalue weighted by molar-refractivity contribution is -0.139. The van der Waals surface area contributed by atoms with E-state index in [0.717, 1.165) is 38.7 Å². The largest absolute Gasteiger partial charge is 0.480 e. The molecule has 1 atom stereocenters. The van der Waals surface area contributed by atoms with Crippen molar-refractivity contribution in [2.75, 3.05) is 6.61 Å². The fourth-order valence-electron chi connectivity index (χ4n) is 4.79. The maximum Gasteiger partial charge on any atom is 0.407 e. The lowest BCUT2D eigenvalue weighted by atomic mass is 9.98. The highest BCUT2D eigenvalue weighted by atomic mass is 16.5. The fraction of sp³-hybridized carbons (Fsp3) is 0.185. The number of aliphatic carboxylic acids is 1. The molecule has 166 valence electrons. The monoisotopic (exact) mass is 440 g/mol. The number of carbonyl (C=O) groups excluding carboxylic acids is 1. The zero-order valence-corrected chi connectivity index (χ0v) is 18.2. The molecule has 5 rings (SSSR count). The van der Waals surface area contributed by atoms with Gasteiger partial charge in [-0.05, 0) is 33.9 Å². The van der Waals surface area contributed by atoms with Gasteiger partial charge >= 0.3 is 12.1 Å². The third-order valence-electron chi connectivity index (χ3n) is 6.34. The molecule has 0 aliphatic heterocycles. The van der Waals surface area contributed by atoms with E-state index in [4.69, 9.17) is 4.74 Å². The summed E-state index contributed by atoms with van der Waals surface area (Å²) in [4.78, 5) is 24.5. The quantitative estimate of drug-likeness (QED) is 0.455. The molecular formula is C27H24N2O4. The second kappa shape index (κ2) is 8.47. The van der Waals surface area contributed by atoms with E-state index in [-0.39, 0.29) is 18.9 Å². The Hall–Kier alpha value is -4.06. The number of alkyl carbamates (subject to hydrolysis) is 1. The zero-order valence-electron chi connectivity index (χ0n) is 18.2. The molecule has 6 heteroatoms. The SMILES string of the molecule is Cn1cc(C[C@H](NC(=O)OCC2c3ccccc3-c3ccccc32)C(=O)O)c2ccccc21. The first-order valence-corrected chi connectivity index (χ1v) is 10.9. The highest BCUT2D eigenvalue weighted by molar-refractivity contribution is 5.86. The first-order chi connectivity index (χ1) is 16.0. The van der Waals surface area contributed by atoms with Crippen molar-refractivity contribution in [1.82, 2.24) is 9.88 Å². The van der Waals surface area contributed by atoms with E-state index in [2.05, 4.69) is 17.4 Å². The second-order valence-corrected chi connectivity index (χ2v) is 8.35. The van der Waals surface area contributed by atoms with E-state index in [1.807, 2.05) is 78.5 Å². The summed E-state index contributed by atoms with van der Waals surface area (Å²) in [6.07, 6.45) is 1.34. The van der Waals surface area contributed by atoms with Gasteiger partial charge in [-0.3, -0.25) is 0 Å². The molecule has 1 aliphatic carbocycles. The van der Waals surface area contributed by atoms with Crippen molar-refractivity contribution in [3.8, 4) is 11.1 Å². The molecule has 6 nitrogen and oxygen atoms in total. The van der Waals surface area contributed by atoms with Crippen molar-refractivity contribution in [2.24, 2.45) is 7.05 Å². The van der Waals surface area contributed by atoms with Gasteiger partial charge in [0.2, 0.25) is 0 Å². The number of para-hydroxylation sites is 1. The van der Waals surface area contributed by atoms with Crippen molar-refractivity contribution in [1.29, 1.82) is 0 Å². The average molecular weight is 440 g/mol. The number of aryl methyl sites for hydroxylation is 1. The molecule has 0 fully saturated rings. The number of ether oxygens (including phenoxy) is 1. The van der Waals surface area contributed by atoms with Gasteiger partial charge in [-0.15, -0.1) is 0 Å². The molecule has 1 aliphatic rings. The Kier molecular flexibility index (Phi) is 5.34. The molecule has 4 aromatic rings. The summed E-state index contributed by atoms with van der Waals surface area (Å²) in [7, 11) is 1.92. The molecule has 1 heterocycles. The molecule has 0 saturated carbocycles. The van der Waals surface area contributed by atoms with Crippen LogP contribution in [-0.4, -0.2) is 34.4 Å². The van der Waals surface area contributed by atoms with Gasteiger partial charge in [0.1, 0.15) is 12.6 Å². The van der Waals surface area contributed by atoms with Crippen molar-refractivity contribution in [2.45, 2.75) is 18.4 Å². The number of nitrogens with zero attached hydrogens (tertiary/aromatic N) is 1. The normalized spacial score (nSPS) is 13.4. The van der Waals surface area contributed by atoms with Crippen LogP contribution in [0.15, 0.2) is 79.0 Å². The third kappa shape index (κ3) is 3.84. The van der Waals surface area contributed by atoms with Gasteiger partial charge in [-0.1, -0.05) is 66.7 Å². The lowest BCUT2D eigenvalue weighted by Gasteiger charge is -2.17. The predicted octanol–water partition coefficient (Wildman–Crippen LogP) is 4.71. The Morgan fingerprint density at radius 1 is 0.970 bits per heavy atom. The number of carbonyl (C=O) groups is 2. The van der Waals surface area contributed by atoms with Gasteiger partial charge in [0, 0.05) is 36.5 Å². The van der Waals surface area contributed by atoms with Gasteiger partial charge < -0.3 is 19.7 Å². The van der Waals surface area contributed by atoms with E-state index >= 15 is 0 Å². The van der Waals surface area contributed by atoms with Crippen LogP contribution < -0.4 is 5.32 Å². The molecule has 2 N–H and O–H groups in total. The van der Waals surface area contributed by atoms with Crippen LogP contribution in [0.4, 0.5) is 4.79 Å². The van der Waals surface area contributed by atoms with Crippen molar-refractivity contribution in [3.05, 3.63) is 95.7 Å². The van der Waals surface area contributed by atoms with Gasteiger partial charge in [-0.25, -0.2) is 9.59 Å². The van der Waals surface area contributed by atoms with E-state index in [1.165, 1.54) is 0 Å². The number of carboxylic acids is 1. The first-order valence-electron chi connectivity index (χ1n) is 10.9. The standard InChI is InChI=1S/C27H24N2O4/c1-29-15-17(18-8-6-7-13-25(18)29)14-24(26(30)31)28-27(32)33-16-23-21-11-4-2-9-19(21)20-10-3-5-12-22(20)23/h2-13,15,23-24H,14,16H2,1H3,(H,28,32)(H,30,31)/t24-/m0/s1. The Labute approximate surface area is 191 Å². The molecule has 1 amide bonds. The Morgan fingerprint density at radius 2 is 1.58 bits per heavy atom. The maximum absolute atomic E-state index is 12.6. The fourth-order valence-corrected chi connectivity index (χ4v) is 4.79. The summed E-state index contributed by atoms with van der Waals surface area (Å²) in [5.41, 5.74) is 6.37. The lowest BCUT2D eigenvalue weighted by Crippen LogP contribution is -2.42. The van der Waals surface area contributed by atoms with Crippen molar-refractivity contribution >= 4 is 23.0 Å². The third-order valence-corrected chi connectivity index (χ3v) is 6.34. The van der Waals surface area contributed by atoms with Crippen LogP contribution in [-0.2, 0) is 23.0 Å². The number of aromatic nitrogens is 1. The molecule has 33 heavy (non-hydrogen) atoms. The minimum atomic E-state index is -1.10. The number of benzene rings is 3. The number of hydrogen-bond acceptors (Lipinski definition) is 3. The van der Waals surface area contributed by atoms with Crippen molar-refractivity contribution < 1.29 is 19.4 Å². The second-order valence-electron chi connectivity index (χ2n) is 8.35. The zero-order chi connectivity index (χ0) is 22.9. The first kappa shape index (κ1) is 20.8. The molecule has 1 aromatic heterocycles. The summed E-state index contributed by atoms with van der Waals surface area (Å²) in [6.45, 7) is 0.139. The summed E-state index contributed by atoms with van der Waals surface area (Å²) in [6, 6.07) is 22.9. The van der Waals surface area contributed by atoms with Crippen LogP contribution in [0.3, 0.4) is 0 Å². The molecule has 3 aromatic carbocycles. The number of rotatable bonds is 6. The highest BCUT2D eigenvalue weighted by Gasteiger charge is 2.30. The van der Waals surface area contributed by atoms with Gasteiger partial charge in [-0.2, -0.15) is 0 Å². The molecule has 0 radical (unpaired) electrons. The van der Waals surface area contributed by atoms with Gasteiger partial charge in [0.15, 0.2) is 0 Å². The van der Waals surface area contributed by atoms with Crippen LogP contribution in [0.2, 0.25) is 0 Å². The summed E-state index contributed by atoms with van der Waals surface area (Å²) >= 11 is 0. The smallest absolute Gasteiger partial charge is 0.407 e. The summed E-state index contributed by atoms with van der Waals surface area (Å²) in [5.74, 6) is -1.18. The van der Waals surface area contributed by atoms with Crippen molar-refractivity contribution in [3.63, 3.8) is 0 Å². The summed E-state index contributed by atoms with van der Waals surface area (Å²) < 4.78 is 7.49. The minimum Gasteiger partial charge on any atom is -0.480 e. The van der Waals surface area contributed by atoms with Crippen LogP contribution in [0.25, 0.3) is 22.0 Å². The highest BCUT2D eigenvalue weighted by Crippen LogP contribution is 2.44. The van der Waals surface area contributed by atoms with Gasteiger partial charge in [0.05, 0.1) is 0 Å². The molecule has 0 unspecified atom stereocenters. The minimum absolute atomic E-state index is 0.0792. The molecule has 0 bridgehead atoms. The number of fused-ring (bicyclic) bond motifs is 4.